The van der Waals surface area contributed by atoms with Gasteiger partial charge in [0, 0.05) is 29.3 Å². The van der Waals surface area contributed by atoms with Gasteiger partial charge >= 0.3 is 0 Å². The van der Waals surface area contributed by atoms with Crippen LogP contribution in [0.15, 0.2) is 58.9 Å². The molecule has 0 radical (unpaired) electrons. The lowest BCUT2D eigenvalue weighted by Gasteiger charge is -2.11. The number of carbonyl (C=O) groups excluding carboxylic acids is 1. The number of nitrogens with zero attached hydrogens (tertiary/aromatic N) is 3. The van der Waals surface area contributed by atoms with Gasteiger partial charge in [-0.1, -0.05) is 24.3 Å². The zero-order valence-corrected chi connectivity index (χ0v) is 17.9. The fourth-order valence-corrected chi connectivity index (χ4v) is 4.49. The molecule has 1 fully saturated rings. The van der Waals surface area contributed by atoms with Crippen molar-refractivity contribution in [2.45, 2.75) is 13.5 Å². The van der Waals surface area contributed by atoms with Crippen LogP contribution in [0.1, 0.15) is 16.7 Å². The summed E-state index contributed by atoms with van der Waals surface area (Å²) in [6.07, 6.45) is 3.08. The minimum absolute atomic E-state index is 0.0269. The van der Waals surface area contributed by atoms with Crippen molar-refractivity contribution in [1.82, 2.24) is 4.98 Å². The number of aryl methyl sites for hydroxylation is 1. The van der Waals surface area contributed by atoms with E-state index in [1.807, 2.05) is 31.2 Å². The van der Waals surface area contributed by atoms with E-state index in [4.69, 9.17) is 10.1 Å². The molecule has 2 aromatic carbocycles. The van der Waals surface area contributed by atoms with Crippen molar-refractivity contribution in [3.63, 3.8) is 0 Å². The van der Waals surface area contributed by atoms with Crippen LogP contribution in [0.3, 0.4) is 0 Å². The van der Waals surface area contributed by atoms with E-state index in [2.05, 4.69) is 4.98 Å². The molecular formula is C21H16N4O4S2. The molecule has 156 valence electrons. The normalized spacial score (nSPS) is 15.0. The van der Waals surface area contributed by atoms with Crippen LogP contribution in [-0.2, 0) is 11.4 Å². The van der Waals surface area contributed by atoms with Crippen LogP contribution in [0.5, 0.6) is 5.75 Å². The number of nitro benzene ring substituents is 1. The first-order valence-electron chi connectivity index (χ1n) is 9.12. The Bertz CT molecular complexity index is 1210. The minimum atomic E-state index is -0.499. The zero-order valence-electron chi connectivity index (χ0n) is 16.3. The third-order valence-electron chi connectivity index (χ3n) is 4.57. The molecule has 1 saturated heterocycles. The molecular weight excluding hydrogens is 436 g/mol. The van der Waals surface area contributed by atoms with Crippen LogP contribution >= 0.6 is 23.1 Å². The molecule has 0 aliphatic carbocycles. The number of hydrogen-bond acceptors (Lipinski definition) is 8. The van der Waals surface area contributed by atoms with Crippen molar-refractivity contribution < 1.29 is 14.5 Å². The van der Waals surface area contributed by atoms with Gasteiger partial charge in [-0.3, -0.25) is 20.3 Å². The van der Waals surface area contributed by atoms with Crippen molar-refractivity contribution in [3.05, 3.63) is 85.8 Å². The lowest BCUT2D eigenvalue weighted by Crippen LogP contribution is -2.27. The van der Waals surface area contributed by atoms with Gasteiger partial charge < -0.3 is 4.74 Å². The second-order valence-electron chi connectivity index (χ2n) is 6.57. The van der Waals surface area contributed by atoms with E-state index in [0.717, 1.165) is 22.9 Å². The number of nitrogens with one attached hydrogen (secondary N) is 1. The maximum absolute atomic E-state index is 12.9. The van der Waals surface area contributed by atoms with Crippen LogP contribution < -0.4 is 9.64 Å². The molecule has 31 heavy (non-hydrogen) atoms. The van der Waals surface area contributed by atoms with Crippen LogP contribution in [0.4, 0.5) is 10.8 Å². The molecule has 0 spiro atoms. The monoisotopic (exact) mass is 452 g/mol. The van der Waals surface area contributed by atoms with Crippen LogP contribution in [0.25, 0.3) is 6.08 Å². The number of anilines is 1. The van der Waals surface area contributed by atoms with Crippen molar-refractivity contribution in [2.75, 3.05) is 4.90 Å². The maximum Gasteiger partial charge on any atom is 0.273 e. The Balaban J connectivity index is 1.67. The van der Waals surface area contributed by atoms with Gasteiger partial charge in [0.15, 0.2) is 10.3 Å². The fourth-order valence-electron chi connectivity index (χ4n) is 2.95. The number of hydrogen-bond donors (Lipinski definition) is 1. The molecule has 8 nitrogen and oxygen atoms in total. The molecule has 1 aliphatic rings. The van der Waals surface area contributed by atoms with E-state index in [-0.39, 0.29) is 22.4 Å². The third-order valence-corrected chi connectivity index (χ3v) is 6.21. The Hall–Kier alpha value is -3.50. The molecule has 1 N–H and O–H groups in total. The summed E-state index contributed by atoms with van der Waals surface area (Å²) >= 11 is 2.23. The van der Waals surface area contributed by atoms with Gasteiger partial charge in [-0.25, -0.2) is 9.88 Å². The summed E-state index contributed by atoms with van der Waals surface area (Å²) in [5.74, 6) is 0.00953. The first-order chi connectivity index (χ1) is 14.9. The van der Waals surface area contributed by atoms with Crippen LogP contribution in [-0.4, -0.2) is 21.0 Å². The summed E-state index contributed by atoms with van der Waals surface area (Å²) in [7, 11) is 0. The number of thioether (sulfide) groups is 1. The number of amides is 1. The van der Waals surface area contributed by atoms with Crippen molar-refractivity contribution >= 4 is 51.1 Å². The molecule has 4 rings (SSSR count). The molecule has 10 heteroatoms. The first kappa shape index (κ1) is 20.8. The summed E-state index contributed by atoms with van der Waals surface area (Å²) in [4.78, 5) is 29.2. The second-order valence-corrected chi connectivity index (χ2v) is 8.47. The van der Waals surface area contributed by atoms with Gasteiger partial charge in [0.2, 0.25) is 0 Å². The van der Waals surface area contributed by atoms with Crippen molar-refractivity contribution in [1.29, 1.82) is 5.41 Å². The molecule has 2 heterocycles. The van der Waals surface area contributed by atoms with E-state index >= 15 is 0 Å². The number of ether oxygens (including phenoxy) is 1. The molecule has 1 aromatic heterocycles. The number of aromatic nitrogens is 1. The molecule has 1 amide bonds. The molecule has 0 saturated carbocycles. The number of thiazole rings is 1. The van der Waals surface area contributed by atoms with E-state index in [1.165, 1.54) is 40.5 Å². The summed E-state index contributed by atoms with van der Waals surface area (Å²) in [5.41, 5.74) is 2.34. The van der Waals surface area contributed by atoms with E-state index < -0.39 is 10.8 Å². The average molecular weight is 453 g/mol. The SMILES string of the molecule is Cc1ccccc1COc1ccc([N+](=O)[O-])cc1C=C1SC(=N)N(c2nccs2)C1=O. The average Bonchev–Trinajstić information content (AvgIpc) is 3.36. The lowest BCUT2D eigenvalue weighted by molar-refractivity contribution is -0.384. The number of nitro groups is 1. The van der Waals surface area contributed by atoms with Gasteiger partial charge in [0.25, 0.3) is 11.6 Å². The largest absolute Gasteiger partial charge is 0.488 e. The van der Waals surface area contributed by atoms with Gasteiger partial charge in [-0.2, -0.15) is 0 Å². The fraction of sp³-hybridized carbons (Fsp3) is 0.0952. The molecule has 3 aromatic rings. The highest BCUT2D eigenvalue weighted by molar-refractivity contribution is 8.19. The number of carbonyl (C=O) groups is 1. The van der Waals surface area contributed by atoms with Gasteiger partial charge in [0.05, 0.1) is 9.83 Å². The second kappa shape index (κ2) is 8.70. The van der Waals surface area contributed by atoms with Gasteiger partial charge in [0.1, 0.15) is 12.4 Å². The lowest BCUT2D eigenvalue weighted by atomic mass is 10.1. The summed E-state index contributed by atoms with van der Waals surface area (Å²) in [5, 5.41) is 21.6. The number of amidine groups is 1. The number of benzene rings is 2. The zero-order chi connectivity index (χ0) is 22.0. The molecule has 0 bridgehead atoms. The predicted molar refractivity (Wildman–Crippen MR) is 122 cm³/mol. The Morgan fingerprint density at radius 2 is 2.10 bits per heavy atom. The predicted octanol–water partition coefficient (Wildman–Crippen LogP) is 4.99. The molecule has 1 aliphatic heterocycles. The number of rotatable bonds is 6. The van der Waals surface area contributed by atoms with Crippen LogP contribution in [0.2, 0.25) is 0 Å². The minimum Gasteiger partial charge on any atom is -0.488 e. The highest BCUT2D eigenvalue weighted by atomic mass is 32.2. The van der Waals surface area contributed by atoms with E-state index in [0.29, 0.717) is 16.4 Å². The van der Waals surface area contributed by atoms with Crippen LogP contribution in [0, 0.1) is 22.4 Å². The Morgan fingerprint density at radius 3 is 2.81 bits per heavy atom. The van der Waals surface area contributed by atoms with Gasteiger partial charge in [-0.15, -0.1) is 11.3 Å². The quantitative estimate of drug-likeness (QED) is 0.320. The summed E-state index contributed by atoms with van der Waals surface area (Å²) < 4.78 is 5.94. The summed E-state index contributed by atoms with van der Waals surface area (Å²) in [6.45, 7) is 2.26. The van der Waals surface area contributed by atoms with Gasteiger partial charge in [-0.05, 0) is 42.0 Å². The Kier molecular flexibility index (Phi) is 5.83. The van der Waals surface area contributed by atoms with E-state index in [9.17, 15) is 14.9 Å². The first-order valence-corrected chi connectivity index (χ1v) is 10.8. The van der Waals surface area contributed by atoms with Crippen molar-refractivity contribution in [2.24, 2.45) is 0 Å². The third kappa shape index (κ3) is 4.35. The topological polar surface area (TPSA) is 109 Å². The standard InChI is InChI=1S/C21H16N4O4S2/c1-13-4-2-3-5-14(13)12-29-17-7-6-16(25(27)28)10-15(17)11-18-19(26)24(20(22)31-18)21-23-8-9-30-21/h2-11,22H,12H2,1H3. The highest BCUT2D eigenvalue weighted by Gasteiger charge is 2.35. The highest BCUT2D eigenvalue weighted by Crippen LogP contribution is 2.37. The summed E-state index contributed by atoms with van der Waals surface area (Å²) in [6, 6.07) is 12.0. The number of non-ortho nitro benzene ring substituents is 1. The van der Waals surface area contributed by atoms with Crippen molar-refractivity contribution in [3.8, 4) is 5.75 Å². The Labute approximate surface area is 185 Å². The Morgan fingerprint density at radius 1 is 1.29 bits per heavy atom. The van der Waals surface area contributed by atoms with E-state index in [1.54, 1.807) is 11.6 Å². The molecule has 0 unspecified atom stereocenters. The smallest absolute Gasteiger partial charge is 0.273 e. The molecule has 0 atom stereocenters. The maximum atomic E-state index is 12.9.